The molecule has 0 saturated heterocycles. The minimum Gasteiger partial charge on any atom is -0.494 e. The molecule has 0 aliphatic heterocycles. The van der Waals surface area contributed by atoms with E-state index in [1.165, 1.54) is 25.3 Å². The van der Waals surface area contributed by atoms with Crippen molar-refractivity contribution in [3.8, 4) is 5.75 Å². The van der Waals surface area contributed by atoms with E-state index in [4.69, 9.17) is 4.74 Å². The summed E-state index contributed by atoms with van der Waals surface area (Å²) < 4.78 is 6.60. The van der Waals surface area contributed by atoms with E-state index in [2.05, 4.69) is 10.4 Å². The summed E-state index contributed by atoms with van der Waals surface area (Å²) >= 11 is 0. The van der Waals surface area contributed by atoms with Crippen molar-refractivity contribution >= 4 is 17.3 Å². The Morgan fingerprint density at radius 2 is 2.24 bits per heavy atom. The number of rotatable bonds is 5. The number of methoxy groups -OCH3 is 1. The summed E-state index contributed by atoms with van der Waals surface area (Å²) in [6.07, 6.45) is 1.61. The molecular weight excluding hydrogens is 276 g/mol. The van der Waals surface area contributed by atoms with Crippen LogP contribution < -0.4 is 10.1 Å². The van der Waals surface area contributed by atoms with Crippen LogP contribution in [0.15, 0.2) is 30.5 Å². The molecule has 0 saturated carbocycles. The van der Waals surface area contributed by atoms with Gasteiger partial charge in [-0.15, -0.1) is 0 Å². The minimum atomic E-state index is -0.527. The van der Waals surface area contributed by atoms with Crippen molar-refractivity contribution < 1.29 is 14.5 Å². The van der Waals surface area contributed by atoms with E-state index in [-0.39, 0.29) is 23.9 Å². The molecule has 0 bridgehead atoms. The molecule has 1 N–H and O–H groups in total. The Labute approximate surface area is 120 Å². The SMILES string of the molecule is COc1cc([N+](=O)[O-])ccc1NC(=O)Cn1nccc1C. The van der Waals surface area contributed by atoms with Crippen LogP contribution in [0.5, 0.6) is 5.75 Å². The molecule has 21 heavy (non-hydrogen) atoms. The van der Waals surface area contributed by atoms with E-state index < -0.39 is 4.92 Å². The van der Waals surface area contributed by atoms with Gasteiger partial charge in [-0.2, -0.15) is 5.10 Å². The van der Waals surface area contributed by atoms with Crippen LogP contribution in [-0.4, -0.2) is 27.7 Å². The highest BCUT2D eigenvalue weighted by molar-refractivity contribution is 5.92. The zero-order valence-corrected chi connectivity index (χ0v) is 11.6. The highest BCUT2D eigenvalue weighted by Crippen LogP contribution is 2.28. The molecule has 1 aromatic heterocycles. The number of carbonyl (C=O) groups excluding carboxylic acids is 1. The van der Waals surface area contributed by atoms with Crippen LogP contribution in [0.4, 0.5) is 11.4 Å². The maximum Gasteiger partial charge on any atom is 0.273 e. The van der Waals surface area contributed by atoms with Crippen LogP contribution in [0.25, 0.3) is 0 Å². The lowest BCUT2D eigenvalue weighted by molar-refractivity contribution is -0.384. The van der Waals surface area contributed by atoms with Crippen molar-refractivity contribution in [3.05, 3.63) is 46.3 Å². The lowest BCUT2D eigenvalue weighted by atomic mass is 10.2. The zero-order valence-electron chi connectivity index (χ0n) is 11.6. The van der Waals surface area contributed by atoms with Crippen molar-refractivity contribution in [2.75, 3.05) is 12.4 Å². The van der Waals surface area contributed by atoms with Gasteiger partial charge in [0.05, 0.1) is 23.8 Å². The molecule has 0 radical (unpaired) electrons. The number of aryl methyl sites for hydroxylation is 1. The number of anilines is 1. The van der Waals surface area contributed by atoms with Gasteiger partial charge in [0, 0.05) is 18.0 Å². The molecule has 0 aliphatic rings. The van der Waals surface area contributed by atoms with Crippen molar-refractivity contribution in [1.29, 1.82) is 0 Å². The lowest BCUT2D eigenvalue weighted by Crippen LogP contribution is -2.20. The van der Waals surface area contributed by atoms with Gasteiger partial charge >= 0.3 is 0 Å². The van der Waals surface area contributed by atoms with Crippen LogP contribution in [0.2, 0.25) is 0 Å². The number of amides is 1. The number of carbonyl (C=O) groups is 1. The summed E-state index contributed by atoms with van der Waals surface area (Å²) in [5.74, 6) is -0.0660. The van der Waals surface area contributed by atoms with Crippen molar-refractivity contribution in [1.82, 2.24) is 9.78 Å². The van der Waals surface area contributed by atoms with E-state index in [1.807, 2.05) is 6.92 Å². The van der Waals surface area contributed by atoms with Gasteiger partial charge < -0.3 is 10.1 Å². The van der Waals surface area contributed by atoms with Gasteiger partial charge in [-0.25, -0.2) is 0 Å². The number of hydrogen-bond donors (Lipinski definition) is 1. The predicted octanol–water partition coefficient (Wildman–Crippen LogP) is 1.75. The van der Waals surface area contributed by atoms with E-state index >= 15 is 0 Å². The Morgan fingerprint density at radius 3 is 2.81 bits per heavy atom. The Kier molecular flexibility index (Phi) is 4.17. The van der Waals surface area contributed by atoms with Crippen LogP contribution >= 0.6 is 0 Å². The molecular formula is C13H14N4O4. The third-order valence-corrected chi connectivity index (χ3v) is 2.89. The molecule has 2 rings (SSSR count). The van der Waals surface area contributed by atoms with Gasteiger partial charge in [0.1, 0.15) is 12.3 Å². The first-order valence-electron chi connectivity index (χ1n) is 6.12. The quantitative estimate of drug-likeness (QED) is 0.668. The third kappa shape index (κ3) is 3.35. The first kappa shape index (κ1) is 14.5. The average molecular weight is 290 g/mol. The number of benzene rings is 1. The van der Waals surface area contributed by atoms with Gasteiger partial charge in [-0.05, 0) is 19.1 Å². The number of nitrogens with zero attached hydrogens (tertiary/aromatic N) is 3. The fraction of sp³-hybridized carbons (Fsp3) is 0.231. The molecule has 0 atom stereocenters. The van der Waals surface area contributed by atoms with Crippen molar-refractivity contribution in [2.24, 2.45) is 0 Å². The molecule has 0 spiro atoms. The summed E-state index contributed by atoms with van der Waals surface area (Å²) in [6.45, 7) is 1.89. The Hall–Kier alpha value is -2.90. The second-order valence-corrected chi connectivity index (χ2v) is 4.32. The molecule has 1 heterocycles. The third-order valence-electron chi connectivity index (χ3n) is 2.89. The first-order valence-corrected chi connectivity index (χ1v) is 6.12. The average Bonchev–Trinajstić information content (AvgIpc) is 2.84. The van der Waals surface area contributed by atoms with Crippen LogP contribution in [0.1, 0.15) is 5.69 Å². The molecule has 8 heteroatoms. The van der Waals surface area contributed by atoms with Crippen LogP contribution in [0.3, 0.4) is 0 Å². The highest BCUT2D eigenvalue weighted by atomic mass is 16.6. The lowest BCUT2D eigenvalue weighted by Gasteiger charge is -2.10. The molecule has 1 amide bonds. The molecule has 0 unspecified atom stereocenters. The van der Waals surface area contributed by atoms with Gasteiger partial charge in [-0.1, -0.05) is 0 Å². The van der Waals surface area contributed by atoms with E-state index in [0.717, 1.165) is 5.69 Å². The fourth-order valence-corrected chi connectivity index (χ4v) is 1.79. The molecule has 1 aromatic carbocycles. The molecule has 0 aliphatic carbocycles. The predicted molar refractivity (Wildman–Crippen MR) is 75.2 cm³/mol. The fourth-order valence-electron chi connectivity index (χ4n) is 1.79. The number of non-ortho nitro benzene ring substituents is 1. The maximum absolute atomic E-state index is 12.0. The van der Waals surface area contributed by atoms with Crippen LogP contribution in [-0.2, 0) is 11.3 Å². The molecule has 8 nitrogen and oxygen atoms in total. The second-order valence-electron chi connectivity index (χ2n) is 4.32. The molecule has 2 aromatic rings. The number of ether oxygens (including phenoxy) is 1. The smallest absolute Gasteiger partial charge is 0.273 e. The summed E-state index contributed by atoms with van der Waals surface area (Å²) in [6, 6.07) is 5.79. The van der Waals surface area contributed by atoms with E-state index in [1.54, 1.807) is 16.9 Å². The second kappa shape index (κ2) is 6.04. The summed E-state index contributed by atoms with van der Waals surface area (Å²) in [4.78, 5) is 22.1. The van der Waals surface area contributed by atoms with Crippen molar-refractivity contribution in [2.45, 2.75) is 13.5 Å². The van der Waals surface area contributed by atoms with Gasteiger partial charge in [0.25, 0.3) is 5.69 Å². The number of nitro groups is 1. The summed E-state index contributed by atoms with van der Waals surface area (Å²) in [5.41, 5.74) is 1.13. The number of hydrogen-bond acceptors (Lipinski definition) is 5. The first-order chi connectivity index (χ1) is 10.0. The van der Waals surface area contributed by atoms with Crippen molar-refractivity contribution in [3.63, 3.8) is 0 Å². The normalized spacial score (nSPS) is 10.2. The topological polar surface area (TPSA) is 99.3 Å². The standard InChI is InChI=1S/C13H14N4O4/c1-9-5-6-14-16(9)8-13(18)15-11-4-3-10(17(19)20)7-12(11)21-2/h3-7H,8H2,1-2H3,(H,15,18). The maximum atomic E-state index is 12.0. The monoisotopic (exact) mass is 290 g/mol. The Bertz CT molecular complexity index is 681. The van der Waals surface area contributed by atoms with Gasteiger partial charge in [-0.3, -0.25) is 19.6 Å². The van der Waals surface area contributed by atoms with Crippen LogP contribution in [0, 0.1) is 17.0 Å². The number of aromatic nitrogens is 2. The molecule has 110 valence electrons. The highest BCUT2D eigenvalue weighted by Gasteiger charge is 2.14. The Morgan fingerprint density at radius 1 is 1.48 bits per heavy atom. The van der Waals surface area contributed by atoms with Gasteiger partial charge in [0.15, 0.2) is 0 Å². The van der Waals surface area contributed by atoms with E-state index in [9.17, 15) is 14.9 Å². The largest absolute Gasteiger partial charge is 0.494 e. The number of nitro benzene ring substituents is 1. The number of nitrogens with one attached hydrogen (secondary N) is 1. The summed E-state index contributed by atoms with van der Waals surface area (Å²) in [7, 11) is 1.38. The van der Waals surface area contributed by atoms with E-state index in [0.29, 0.717) is 5.69 Å². The van der Waals surface area contributed by atoms with Gasteiger partial charge in [0.2, 0.25) is 5.91 Å². The zero-order chi connectivity index (χ0) is 15.4. The minimum absolute atomic E-state index is 0.0545. The summed E-state index contributed by atoms with van der Waals surface area (Å²) in [5, 5.41) is 17.4. The Balaban J connectivity index is 2.13. The molecule has 0 fully saturated rings.